The summed E-state index contributed by atoms with van der Waals surface area (Å²) < 4.78 is 13.9. The molecule has 0 aliphatic heterocycles. The van der Waals surface area contributed by atoms with Gasteiger partial charge in [-0.25, -0.2) is 4.52 Å². The lowest BCUT2D eigenvalue weighted by Gasteiger charge is -2.24. The average molecular weight is 283 g/mol. The van der Waals surface area contributed by atoms with E-state index in [2.05, 4.69) is 26.2 Å². The van der Waals surface area contributed by atoms with Gasteiger partial charge < -0.3 is 5.73 Å². The number of aromatic nitrogens is 2. The Kier molecular flexibility index (Phi) is 4.70. The molecule has 0 aromatic carbocycles. The summed E-state index contributed by atoms with van der Waals surface area (Å²) in [6.45, 7) is 4.00. The zero-order valence-corrected chi connectivity index (χ0v) is 13.3. The molecule has 0 bridgehead atoms. The predicted octanol–water partition coefficient (Wildman–Crippen LogP) is 1.88. The van der Waals surface area contributed by atoms with Gasteiger partial charge in [0.1, 0.15) is 5.69 Å². The molecule has 2 aromatic heterocycles. The molecule has 2 N–H and O–H groups in total. The van der Waals surface area contributed by atoms with Crippen molar-refractivity contribution in [1.82, 2.24) is 14.1 Å². The van der Waals surface area contributed by atoms with Crippen LogP contribution in [0, 0.1) is 0 Å². The molecule has 0 amide bonds. The fraction of sp³-hybridized carbons (Fsp3) is 0.462. The van der Waals surface area contributed by atoms with Gasteiger partial charge in [-0.1, -0.05) is 13.8 Å². The largest absolute Gasteiger partial charge is 0.394 e. The van der Waals surface area contributed by atoms with Gasteiger partial charge in [0.2, 0.25) is 0 Å². The Morgan fingerprint density at radius 3 is 2.37 bits per heavy atom. The number of nitrogens with zero attached hydrogens (tertiary/aromatic N) is 3. The number of hydrogen-bond acceptors (Lipinski definition) is 3. The van der Waals surface area contributed by atoms with Crippen molar-refractivity contribution < 1.29 is 4.21 Å². The van der Waals surface area contributed by atoms with E-state index in [0.29, 0.717) is 15.2 Å². The minimum Gasteiger partial charge on any atom is -0.394 e. The lowest BCUT2D eigenvalue weighted by Crippen LogP contribution is -2.35. The van der Waals surface area contributed by atoms with Gasteiger partial charge in [0.25, 0.3) is 0 Å². The summed E-state index contributed by atoms with van der Waals surface area (Å²) in [6, 6.07) is 3.93. The number of fused-ring (bicyclic) bond motifs is 1. The van der Waals surface area contributed by atoms with Crippen LogP contribution in [0.25, 0.3) is 5.52 Å². The maximum absolute atomic E-state index is 11.5. The summed E-state index contributed by atoms with van der Waals surface area (Å²) in [5.41, 5.74) is 8.45. The molecule has 2 rings (SSSR count). The molecule has 19 heavy (non-hydrogen) atoms. The van der Waals surface area contributed by atoms with Crippen LogP contribution < -0.4 is 10.2 Å². The minimum absolute atomic E-state index is 0.450. The maximum Gasteiger partial charge on any atom is 0.173 e. The Labute approximate surface area is 117 Å². The molecule has 0 aliphatic carbocycles. The van der Waals surface area contributed by atoms with Crippen LogP contribution in [0.15, 0.2) is 23.4 Å². The van der Waals surface area contributed by atoms with Crippen LogP contribution in [0.4, 0.5) is 11.4 Å². The number of pyridine rings is 1. The third-order valence-electron chi connectivity index (χ3n) is 2.63. The minimum atomic E-state index is -1.17. The molecule has 0 spiro atoms. The molecule has 0 saturated heterocycles. The van der Waals surface area contributed by atoms with Crippen molar-refractivity contribution in [3.8, 4) is 0 Å². The van der Waals surface area contributed by atoms with Gasteiger partial charge in [-0.2, -0.15) is 5.10 Å². The zero-order chi connectivity index (χ0) is 14.8. The standard InChI is InChI=1S/C11H17N4OS.C2H6/c1-15(2,3)8-6-5-7-14-10(8)9(12)11(13-14)17(4)16;1-2/h5-7H,12H2,1-4H3;1-2H3/q+1;. The Hall–Kier alpha value is -1.40. The van der Waals surface area contributed by atoms with Crippen molar-refractivity contribution in [3.63, 3.8) is 0 Å². The summed E-state index contributed by atoms with van der Waals surface area (Å²) in [4.78, 5) is 0. The Balaban J connectivity index is 0.000000861. The summed E-state index contributed by atoms with van der Waals surface area (Å²) in [6.07, 6.45) is 3.41. The van der Waals surface area contributed by atoms with E-state index >= 15 is 0 Å². The van der Waals surface area contributed by atoms with Crippen LogP contribution in [0.2, 0.25) is 0 Å². The molecule has 6 heteroatoms. The second-order valence-electron chi connectivity index (χ2n) is 4.87. The first-order valence-corrected chi connectivity index (χ1v) is 7.80. The highest BCUT2D eigenvalue weighted by Gasteiger charge is 2.22. The van der Waals surface area contributed by atoms with Crippen molar-refractivity contribution in [1.29, 1.82) is 0 Å². The summed E-state index contributed by atoms with van der Waals surface area (Å²) >= 11 is 0. The predicted molar refractivity (Wildman–Crippen MR) is 82.9 cm³/mol. The fourth-order valence-corrected chi connectivity index (χ4v) is 2.45. The third kappa shape index (κ3) is 2.96. The van der Waals surface area contributed by atoms with Gasteiger partial charge in [0.15, 0.2) is 16.2 Å². The van der Waals surface area contributed by atoms with E-state index in [4.69, 9.17) is 5.73 Å². The van der Waals surface area contributed by atoms with Crippen molar-refractivity contribution in [2.75, 3.05) is 33.1 Å². The van der Waals surface area contributed by atoms with E-state index in [-0.39, 0.29) is 0 Å². The molecular weight excluding hydrogens is 260 g/mol. The Morgan fingerprint density at radius 1 is 1.32 bits per heavy atom. The van der Waals surface area contributed by atoms with E-state index in [1.165, 1.54) is 0 Å². The Bertz CT molecular complexity index is 598. The van der Waals surface area contributed by atoms with E-state index < -0.39 is 10.8 Å². The maximum atomic E-state index is 11.5. The first-order valence-electron chi connectivity index (χ1n) is 6.24. The van der Waals surface area contributed by atoms with Gasteiger partial charge in [0, 0.05) is 18.5 Å². The highest BCUT2D eigenvalue weighted by atomic mass is 32.2. The van der Waals surface area contributed by atoms with E-state index in [0.717, 1.165) is 11.2 Å². The van der Waals surface area contributed by atoms with Crippen LogP contribution in [-0.2, 0) is 10.8 Å². The average Bonchev–Trinajstić information content (AvgIpc) is 2.68. The lowest BCUT2D eigenvalue weighted by molar-refractivity contribution is 0.488. The number of hydrogen-bond donors (Lipinski definition) is 1. The molecule has 0 radical (unpaired) electrons. The molecular formula is C13H23N4OS+. The highest BCUT2D eigenvalue weighted by Crippen LogP contribution is 2.31. The molecule has 106 valence electrons. The fourth-order valence-electron chi connectivity index (χ4n) is 1.84. The molecule has 1 unspecified atom stereocenters. The van der Waals surface area contributed by atoms with Gasteiger partial charge in [-0.3, -0.25) is 8.69 Å². The number of quaternary nitrogens is 1. The lowest BCUT2D eigenvalue weighted by atomic mass is 10.2. The molecule has 0 fully saturated rings. The highest BCUT2D eigenvalue weighted by molar-refractivity contribution is 7.84. The normalized spacial score (nSPS) is 12.9. The van der Waals surface area contributed by atoms with E-state index in [1.54, 1.807) is 10.8 Å². The van der Waals surface area contributed by atoms with Crippen molar-refractivity contribution in [2.24, 2.45) is 0 Å². The molecule has 0 aliphatic rings. The second kappa shape index (κ2) is 5.71. The Morgan fingerprint density at radius 2 is 1.89 bits per heavy atom. The van der Waals surface area contributed by atoms with Crippen molar-refractivity contribution in [2.45, 2.75) is 18.9 Å². The number of anilines is 1. The number of rotatable bonds is 2. The van der Waals surface area contributed by atoms with Gasteiger partial charge >= 0.3 is 0 Å². The molecule has 5 nitrogen and oxygen atoms in total. The van der Waals surface area contributed by atoms with E-state index in [1.807, 2.05) is 32.2 Å². The summed E-state index contributed by atoms with van der Waals surface area (Å²) in [7, 11) is 5.01. The first kappa shape index (κ1) is 15.7. The molecule has 2 heterocycles. The first-order chi connectivity index (χ1) is 8.82. The van der Waals surface area contributed by atoms with Crippen molar-refractivity contribution in [3.05, 3.63) is 18.3 Å². The monoisotopic (exact) mass is 283 g/mol. The quantitative estimate of drug-likeness (QED) is 0.856. The smallest absolute Gasteiger partial charge is 0.173 e. The van der Waals surface area contributed by atoms with E-state index in [9.17, 15) is 4.21 Å². The zero-order valence-electron chi connectivity index (χ0n) is 12.5. The van der Waals surface area contributed by atoms with Crippen LogP contribution >= 0.6 is 0 Å². The van der Waals surface area contributed by atoms with Crippen LogP contribution in [0.3, 0.4) is 0 Å². The van der Waals surface area contributed by atoms with Gasteiger partial charge in [-0.15, -0.1) is 0 Å². The molecule has 2 aromatic rings. The third-order valence-corrected chi connectivity index (χ3v) is 3.48. The summed E-state index contributed by atoms with van der Waals surface area (Å²) in [5, 5.41) is 4.72. The van der Waals surface area contributed by atoms with Crippen molar-refractivity contribution >= 4 is 27.7 Å². The topological polar surface area (TPSA) is 60.4 Å². The second-order valence-corrected chi connectivity index (χ2v) is 6.17. The number of nitrogen functional groups attached to an aromatic ring is 1. The van der Waals surface area contributed by atoms with Crippen LogP contribution in [-0.4, -0.2) is 41.2 Å². The van der Waals surface area contributed by atoms with Gasteiger partial charge in [-0.05, 0) is 6.07 Å². The molecule has 0 saturated carbocycles. The van der Waals surface area contributed by atoms with Crippen LogP contribution in [0.1, 0.15) is 13.8 Å². The molecule has 1 atom stereocenters. The SMILES string of the molecule is CC.CS(=O)c1nn2cccc([N+](C)(C)C)c2c1N. The van der Waals surface area contributed by atoms with Crippen LogP contribution in [0.5, 0.6) is 0 Å². The van der Waals surface area contributed by atoms with Gasteiger partial charge in [0.05, 0.1) is 31.9 Å². The summed E-state index contributed by atoms with van der Waals surface area (Å²) in [5.74, 6) is 0. The number of nitrogens with two attached hydrogens (primary N) is 1.